The van der Waals surface area contributed by atoms with Crippen LogP contribution in [0.2, 0.25) is 0 Å². The van der Waals surface area contributed by atoms with Gasteiger partial charge in [0.15, 0.2) is 0 Å². The second kappa shape index (κ2) is 8.22. The highest BCUT2D eigenvalue weighted by Gasteiger charge is 2.24. The van der Waals surface area contributed by atoms with E-state index in [-0.39, 0.29) is 17.8 Å². The number of rotatable bonds is 6. The molecule has 1 aliphatic heterocycles. The zero-order valence-electron chi connectivity index (χ0n) is 14.3. The highest BCUT2D eigenvalue weighted by molar-refractivity contribution is 5.72. The average molecular weight is 346 g/mol. The molecule has 25 heavy (non-hydrogen) atoms. The van der Waals surface area contributed by atoms with Gasteiger partial charge < -0.3 is 15.0 Å². The number of amides is 1. The standard InChI is InChI=1S/C18H23FN4O2/c1-13(24)20-10-16-11-21-18(22-16)17-12-23(8-9-25-17)7-6-14-2-4-15(19)5-3-14/h2-5,11,17H,6-10,12H2,1H3,(H,20,24)(H,21,22)/t17-/m1/s1. The van der Waals surface area contributed by atoms with Crippen LogP contribution in [0.25, 0.3) is 0 Å². The van der Waals surface area contributed by atoms with Crippen molar-refractivity contribution in [3.8, 4) is 0 Å². The maximum Gasteiger partial charge on any atom is 0.217 e. The predicted molar refractivity (Wildman–Crippen MR) is 91.3 cm³/mol. The van der Waals surface area contributed by atoms with E-state index in [1.165, 1.54) is 19.1 Å². The number of morpholine rings is 1. The molecule has 2 heterocycles. The third-order valence-electron chi connectivity index (χ3n) is 4.26. The van der Waals surface area contributed by atoms with Crippen molar-refractivity contribution in [2.45, 2.75) is 26.0 Å². The first-order valence-electron chi connectivity index (χ1n) is 8.47. The predicted octanol–water partition coefficient (Wildman–Crippen LogP) is 1.80. The Morgan fingerprint density at radius 1 is 1.44 bits per heavy atom. The third-order valence-corrected chi connectivity index (χ3v) is 4.26. The van der Waals surface area contributed by atoms with Crippen LogP contribution in [0.1, 0.15) is 30.1 Å². The Hall–Kier alpha value is -2.25. The summed E-state index contributed by atoms with van der Waals surface area (Å²) >= 11 is 0. The molecule has 2 N–H and O–H groups in total. The first-order chi connectivity index (χ1) is 12.1. The monoisotopic (exact) mass is 346 g/mol. The van der Waals surface area contributed by atoms with Gasteiger partial charge in [0.2, 0.25) is 5.91 Å². The quantitative estimate of drug-likeness (QED) is 0.837. The molecule has 0 saturated carbocycles. The van der Waals surface area contributed by atoms with Crippen LogP contribution in [0.3, 0.4) is 0 Å². The van der Waals surface area contributed by atoms with Crippen LogP contribution < -0.4 is 5.32 Å². The molecule has 1 aromatic heterocycles. The Labute approximate surface area is 146 Å². The van der Waals surface area contributed by atoms with Gasteiger partial charge in [-0.25, -0.2) is 9.37 Å². The zero-order valence-corrected chi connectivity index (χ0v) is 14.3. The molecule has 0 radical (unpaired) electrons. The number of aromatic nitrogens is 2. The topological polar surface area (TPSA) is 70.2 Å². The van der Waals surface area contributed by atoms with Crippen LogP contribution in [0.4, 0.5) is 4.39 Å². The molecule has 1 aliphatic rings. The molecular weight excluding hydrogens is 323 g/mol. The van der Waals surface area contributed by atoms with E-state index in [9.17, 15) is 9.18 Å². The minimum absolute atomic E-state index is 0.0722. The summed E-state index contributed by atoms with van der Waals surface area (Å²) in [5, 5.41) is 2.74. The summed E-state index contributed by atoms with van der Waals surface area (Å²) in [5.41, 5.74) is 1.98. The molecule has 3 rings (SSSR count). The number of hydrogen-bond donors (Lipinski definition) is 2. The van der Waals surface area contributed by atoms with Gasteiger partial charge in [0.25, 0.3) is 0 Å². The average Bonchev–Trinajstić information content (AvgIpc) is 3.09. The Balaban J connectivity index is 1.52. The van der Waals surface area contributed by atoms with Crippen molar-refractivity contribution < 1.29 is 13.9 Å². The normalized spacial score (nSPS) is 18.2. The highest BCUT2D eigenvalue weighted by Crippen LogP contribution is 2.20. The summed E-state index contributed by atoms with van der Waals surface area (Å²) in [5.74, 6) is 0.506. The van der Waals surface area contributed by atoms with Crippen molar-refractivity contribution in [2.75, 3.05) is 26.2 Å². The van der Waals surface area contributed by atoms with E-state index < -0.39 is 0 Å². The van der Waals surface area contributed by atoms with E-state index in [4.69, 9.17) is 4.74 Å². The minimum atomic E-state index is -0.205. The second-order valence-corrected chi connectivity index (χ2v) is 6.24. The first-order valence-corrected chi connectivity index (χ1v) is 8.47. The number of imidazole rings is 1. The molecule has 6 nitrogen and oxygen atoms in total. The molecule has 0 spiro atoms. The number of nitrogens with zero attached hydrogens (tertiary/aromatic N) is 2. The number of aromatic amines is 1. The van der Waals surface area contributed by atoms with Gasteiger partial charge in [-0.05, 0) is 24.1 Å². The molecule has 2 aromatic rings. The lowest BCUT2D eigenvalue weighted by molar-refractivity contribution is -0.119. The molecule has 0 bridgehead atoms. The highest BCUT2D eigenvalue weighted by atomic mass is 19.1. The number of H-pyrrole nitrogens is 1. The van der Waals surface area contributed by atoms with Gasteiger partial charge in [0.1, 0.15) is 17.7 Å². The molecule has 1 aromatic carbocycles. The lowest BCUT2D eigenvalue weighted by Gasteiger charge is -2.32. The lowest BCUT2D eigenvalue weighted by atomic mass is 10.1. The fourth-order valence-corrected chi connectivity index (χ4v) is 2.86. The van der Waals surface area contributed by atoms with Crippen molar-refractivity contribution in [3.63, 3.8) is 0 Å². The van der Waals surface area contributed by atoms with Crippen LogP contribution >= 0.6 is 0 Å². The van der Waals surface area contributed by atoms with Gasteiger partial charge in [0, 0.05) is 26.6 Å². The van der Waals surface area contributed by atoms with E-state index in [1.54, 1.807) is 6.20 Å². The van der Waals surface area contributed by atoms with Crippen molar-refractivity contribution in [2.24, 2.45) is 0 Å². The van der Waals surface area contributed by atoms with Crippen LogP contribution in [0.15, 0.2) is 30.5 Å². The third kappa shape index (κ3) is 5.11. The van der Waals surface area contributed by atoms with E-state index in [0.717, 1.165) is 43.1 Å². The molecule has 1 saturated heterocycles. The number of carbonyl (C=O) groups excluding carboxylic acids is 1. The van der Waals surface area contributed by atoms with E-state index >= 15 is 0 Å². The Morgan fingerprint density at radius 2 is 2.24 bits per heavy atom. The number of nitrogens with one attached hydrogen (secondary N) is 2. The van der Waals surface area contributed by atoms with Gasteiger partial charge in [-0.15, -0.1) is 0 Å². The van der Waals surface area contributed by atoms with Gasteiger partial charge in [-0.3, -0.25) is 9.69 Å². The van der Waals surface area contributed by atoms with Gasteiger partial charge in [0.05, 0.1) is 25.0 Å². The van der Waals surface area contributed by atoms with E-state index in [2.05, 4.69) is 20.2 Å². The lowest BCUT2D eigenvalue weighted by Crippen LogP contribution is -2.39. The van der Waals surface area contributed by atoms with Gasteiger partial charge in [-0.1, -0.05) is 12.1 Å². The Kier molecular flexibility index (Phi) is 5.78. The van der Waals surface area contributed by atoms with E-state index in [0.29, 0.717) is 13.2 Å². The van der Waals surface area contributed by atoms with Gasteiger partial charge in [-0.2, -0.15) is 0 Å². The summed E-state index contributed by atoms with van der Waals surface area (Å²) in [6, 6.07) is 6.65. The summed E-state index contributed by atoms with van der Waals surface area (Å²) in [6.45, 7) is 5.09. The molecule has 7 heteroatoms. The summed E-state index contributed by atoms with van der Waals surface area (Å²) in [4.78, 5) is 20.9. The summed E-state index contributed by atoms with van der Waals surface area (Å²) in [7, 11) is 0. The molecule has 134 valence electrons. The Bertz CT molecular complexity index is 701. The number of carbonyl (C=O) groups is 1. The van der Waals surface area contributed by atoms with E-state index in [1.807, 2.05) is 12.1 Å². The Morgan fingerprint density at radius 3 is 3.00 bits per heavy atom. The maximum atomic E-state index is 13.0. The first kappa shape index (κ1) is 17.6. The van der Waals surface area contributed by atoms with Crippen molar-refractivity contribution in [3.05, 3.63) is 53.4 Å². The molecule has 1 atom stereocenters. The fraction of sp³-hybridized carbons (Fsp3) is 0.444. The second-order valence-electron chi connectivity index (χ2n) is 6.24. The maximum absolute atomic E-state index is 13.0. The summed E-state index contributed by atoms with van der Waals surface area (Å²) < 4.78 is 18.8. The van der Waals surface area contributed by atoms with Crippen molar-refractivity contribution >= 4 is 5.91 Å². The molecule has 1 amide bonds. The van der Waals surface area contributed by atoms with Crippen molar-refractivity contribution in [1.82, 2.24) is 20.2 Å². The van der Waals surface area contributed by atoms with Crippen LogP contribution in [0, 0.1) is 5.82 Å². The van der Waals surface area contributed by atoms with Crippen LogP contribution in [0.5, 0.6) is 0 Å². The minimum Gasteiger partial charge on any atom is -0.368 e. The van der Waals surface area contributed by atoms with Crippen LogP contribution in [-0.2, 0) is 22.5 Å². The molecule has 1 fully saturated rings. The zero-order chi connectivity index (χ0) is 17.6. The smallest absolute Gasteiger partial charge is 0.217 e. The SMILES string of the molecule is CC(=O)NCc1cnc([C@H]2CN(CCc3ccc(F)cc3)CCO2)[nH]1. The van der Waals surface area contributed by atoms with Crippen molar-refractivity contribution in [1.29, 1.82) is 0 Å². The largest absolute Gasteiger partial charge is 0.368 e. The number of ether oxygens (including phenoxy) is 1. The molecule has 0 aliphatic carbocycles. The van der Waals surface area contributed by atoms with Gasteiger partial charge >= 0.3 is 0 Å². The number of benzene rings is 1. The fourth-order valence-electron chi connectivity index (χ4n) is 2.86. The molecular formula is C18H23FN4O2. The number of hydrogen-bond acceptors (Lipinski definition) is 4. The summed E-state index contributed by atoms with van der Waals surface area (Å²) in [6.07, 6.45) is 2.50. The number of halogens is 1. The molecule has 0 unspecified atom stereocenters. The van der Waals surface area contributed by atoms with Crippen LogP contribution in [-0.4, -0.2) is 47.0 Å².